The molecule has 1 aromatic rings. The summed E-state index contributed by atoms with van der Waals surface area (Å²) < 4.78 is 1.86. The number of aliphatic hydroxyl groups is 1. The van der Waals surface area contributed by atoms with Crippen LogP contribution in [0.25, 0.3) is 0 Å². The van der Waals surface area contributed by atoms with Gasteiger partial charge in [-0.25, -0.2) is 0 Å². The third kappa shape index (κ3) is 3.12. The molecule has 1 aromatic heterocycles. The molecule has 4 nitrogen and oxygen atoms in total. The van der Waals surface area contributed by atoms with Gasteiger partial charge < -0.3 is 10.4 Å². The number of nitrogens with zero attached hydrogens (tertiary/aromatic N) is 2. The van der Waals surface area contributed by atoms with Crippen molar-refractivity contribution in [3.8, 4) is 0 Å². The molecule has 1 fully saturated rings. The van der Waals surface area contributed by atoms with Crippen molar-refractivity contribution in [2.24, 2.45) is 12.5 Å². The van der Waals surface area contributed by atoms with Crippen molar-refractivity contribution in [1.29, 1.82) is 0 Å². The van der Waals surface area contributed by atoms with Gasteiger partial charge in [0.05, 0.1) is 16.4 Å². The van der Waals surface area contributed by atoms with Crippen LogP contribution in [0.3, 0.4) is 0 Å². The second kappa shape index (κ2) is 6.25. The van der Waals surface area contributed by atoms with Gasteiger partial charge in [0.2, 0.25) is 0 Å². The molecule has 2 rings (SSSR count). The second-order valence-corrected chi connectivity index (χ2v) is 6.03. The van der Waals surface area contributed by atoms with Crippen molar-refractivity contribution in [2.75, 3.05) is 13.2 Å². The molecule has 1 aliphatic rings. The van der Waals surface area contributed by atoms with Crippen LogP contribution in [0.4, 0.5) is 0 Å². The van der Waals surface area contributed by atoms with Crippen LogP contribution in [0.2, 0.25) is 5.02 Å². The van der Waals surface area contributed by atoms with Crippen LogP contribution in [0.1, 0.15) is 44.0 Å². The van der Waals surface area contributed by atoms with Gasteiger partial charge in [-0.15, -0.1) is 0 Å². The van der Waals surface area contributed by atoms with E-state index in [-0.39, 0.29) is 12.0 Å². The van der Waals surface area contributed by atoms with E-state index in [1.807, 2.05) is 11.7 Å². The van der Waals surface area contributed by atoms with Crippen LogP contribution in [0, 0.1) is 5.41 Å². The third-order valence-electron chi connectivity index (χ3n) is 4.30. The zero-order valence-corrected chi connectivity index (χ0v) is 12.6. The lowest BCUT2D eigenvalue weighted by atomic mass is 9.87. The predicted molar refractivity (Wildman–Crippen MR) is 77.3 cm³/mol. The molecule has 19 heavy (non-hydrogen) atoms. The molecule has 0 aliphatic heterocycles. The van der Waals surface area contributed by atoms with Crippen LogP contribution in [-0.2, 0) is 20.0 Å². The number of hydrogen-bond acceptors (Lipinski definition) is 3. The van der Waals surface area contributed by atoms with Crippen molar-refractivity contribution >= 4 is 11.6 Å². The third-order valence-corrected chi connectivity index (χ3v) is 4.73. The first kappa shape index (κ1) is 14.8. The summed E-state index contributed by atoms with van der Waals surface area (Å²) in [5.41, 5.74) is 2.07. The maximum absolute atomic E-state index is 9.58. The van der Waals surface area contributed by atoms with Gasteiger partial charge in [-0.1, -0.05) is 31.4 Å². The van der Waals surface area contributed by atoms with E-state index < -0.39 is 0 Å². The number of aromatic nitrogens is 2. The highest BCUT2D eigenvalue weighted by atomic mass is 35.5. The Hall–Kier alpha value is -0.580. The highest BCUT2D eigenvalue weighted by molar-refractivity contribution is 6.31. The Morgan fingerprint density at radius 3 is 2.63 bits per heavy atom. The van der Waals surface area contributed by atoms with Crippen molar-refractivity contribution in [3.05, 3.63) is 16.4 Å². The SMILES string of the molecule is CCc1nn(C)c(CNCC2(CO)CCCC2)c1Cl. The summed E-state index contributed by atoms with van der Waals surface area (Å²) in [6.07, 6.45) is 5.56. The molecule has 108 valence electrons. The Kier molecular flexibility index (Phi) is 4.87. The monoisotopic (exact) mass is 285 g/mol. The molecule has 1 heterocycles. The summed E-state index contributed by atoms with van der Waals surface area (Å²) in [6, 6.07) is 0. The van der Waals surface area contributed by atoms with Gasteiger partial charge in [0, 0.05) is 32.2 Å². The average molecular weight is 286 g/mol. The van der Waals surface area contributed by atoms with Gasteiger partial charge >= 0.3 is 0 Å². The van der Waals surface area contributed by atoms with Crippen LogP contribution in [-0.4, -0.2) is 28.0 Å². The maximum Gasteiger partial charge on any atom is 0.0863 e. The number of nitrogens with one attached hydrogen (secondary N) is 1. The first-order valence-corrected chi connectivity index (χ1v) is 7.51. The summed E-state index contributed by atoms with van der Waals surface area (Å²) in [6.45, 7) is 3.90. The zero-order chi connectivity index (χ0) is 13.9. The maximum atomic E-state index is 9.58. The van der Waals surface area contributed by atoms with E-state index in [4.69, 9.17) is 11.6 Å². The van der Waals surface area contributed by atoms with E-state index in [9.17, 15) is 5.11 Å². The molecular weight excluding hydrogens is 262 g/mol. The highest BCUT2D eigenvalue weighted by Crippen LogP contribution is 2.37. The van der Waals surface area contributed by atoms with Crippen LogP contribution >= 0.6 is 11.6 Å². The lowest BCUT2D eigenvalue weighted by molar-refractivity contribution is 0.128. The molecule has 2 N–H and O–H groups in total. The normalized spacial score (nSPS) is 18.1. The van der Waals surface area contributed by atoms with E-state index in [2.05, 4.69) is 17.3 Å². The van der Waals surface area contributed by atoms with Crippen LogP contribution in [0.5, 0.6) is 0 Å². The fourth-order valence-electron chi connectivity index (χ4n) is 2.97. The number of halogens is 1. The fourth-order valence-corrected chi connectivity index (χ4v) is 3.33. The van der Waals surface area contributed by atoms with E-state index in [0.29, 0.717) is 6.54 Å². The van der Waals surface area contributed by atoms with Gasteiger partial charge in [-0.2, -0.15) is 5.10 Å². The standard InChI is InChI=1S/C14H24ClN3O/c1-3-11-13(15)12(18(2)17-11)8-16-9-14(10-19)6-4-5-7-14/h16,19H,3-10H2,1-2H3. The summed E-state index contributed by atoms with van der Waals surface area (Å²) >= 11 is 6.32. The minimum Gasteiger partial charge on any atom is -0.396 e. The van der Waals surface area contributed by atoms with Crippen molar-refractivity contribution in [2.45, 2.75) is 45.6 Å². The van der Waals surface area contributed by atoms with E-state index in [1.54, 1.807) is 0 Å². The molecule has 1 aliphatic carbocycles. The molecule has 0 amide bonds. The summed E-state index contributed by atoms with van der Waals surface area (Å²) in [4.78, 5) is 0. The van der Waals surface area contributed by atoms with E-state index in [0.717, 1.165) is 42.2 Å². The van der Waals surface area contributed by atoms with Crippen molar-refractivity contribution in [3.63, 3.8) is 0 Å². The molecular formula is C14H24ClN3O. The smallest absolute Gasteiger partial charge is 0.0863 e. The topological polar surface area (TPSA) is 50.1 Å². The lowest BCUT2D eigenvalue weighted by Gasteiger charge is -2.26. The van der Waals surface area contributed by atoms with Gasteiger partial charge in [0.15, 0.2) is 0 Å². The first-order valence-electron chi connectivity index (χ1n) is 7.14. The first-order chi connectivity index (χ1) is 9.12. The predicted octanol–water partition coefficient (Wildman–Crippen LogP) is 2.28. The van der Waals surface area contributed by atoms with Crippen molar-refractivity contribution < 1.29 is 5.11 Å². The minimum absolute atomic E-state index is 0.0820. The van der Waals surface area contributed by atoms with Gasteiger partial charge in [-0.3, -0.25) is 4.68 Å². The molecule has 0 saturated heterocycles. The Morgan fingerprint density at radius 1 is 1.42 bits per heavy atom. The largest absolute Gasteiger partial charge is 0.396 e. The minimum atomic E-state index is 0.0820. The number of aryl methyl sites for hydroxylation is 2. The van der Waals surface area contributed by atoms with Crippen LogP contribution < -0.4 is 5.32 Å². The van der Waals surface area contributed by atoms with Gasteiger partial charge in [0.25, 0.3) is 0 Å². The second-order valence-electron chi connectivity index (χ2n) is 5.65. The Labute approximate surface area is 120 Å². The Morgan fingerprint density at radius 2 is 2.11 bits per heavy atom. The summed E-state index contributed by atoms with van der Waals surface area (Å²) in [7, 11) is 1.93. The van der Waals surface area contributed by atoms with Gasteiger partial charge in [0.1, 0.15) is 0 Å². The summed E-state index contributed by atoms with van der Waals surface area (Å²) in [5, 5.41) is 18.2. The Balaban J connectivity index is 1.94. The van der Waals surface area contributed by atoms with Gasteiger partial charge in [-0.05, 0) is 19.3 Å². The van der Waals surface area contributed by atoms with Crippen molar-refractivity contribution in [1.82, 2.24) is 15.1 Å². The molecule has 0 radical (unpaired) electrons. The highest BCUT2D eigenvalue weighted by Gasteiger charge is 2.32. The molecule has 1 saturated carbocycles. The molecule has 0 atom stereocenters. The fraction of sp³-hybridized carbons (Fsp3) is 0.786. The number of hydrogen-bond donors (Lipinski definition) is 2. The number of aliphatic hydroxyl groups excluding tert-OH is 1. The lowest BCUT2D eigenvalue weighted by Crippen LogP contribution is -2.35. The quantitative estimate of drug-likeness (QED) is 0.843. The number of rotatable bonds is 6. The molecule has 0 bridgehead atoms. The zero-order valence-electron chi connectivity index (χ0n) is 11.9. The molecule has 0 unspecified atom stereocenters. The average Bonchev–Trinajstić information content (AvgIpc) is 2.98. The Bertz CT molecular complexity index is 425. The van der Waals surface area contributed by atoms with Crippen LogP contribution in [0.15, 0.2) is 0 Å². The molecule has 5 heteroatoms. The molecule has 0 spiro atoms. The van der Waals surface area contributed by atoms with E-state index >= 15 is 0 Å². The summed E-state index contributed by atoms with van der Waals surface area (Å²) in [5.74, 6) is 0. The van der Waals surface area contributed by atoms with E-state index in [1.165, 1.54) is 12.8 Å². The molecule has 0 aromatic carbocycles.